The minimum atomic E-state index is -0.369. The van der Waals surface area contributed by atoms with Gasteiger partial charge in [-0.1, -0.05) is 6.07 Å². The van der Waals surface area contributed by atoms with Crippen LogP contribution >= 0.6 is 0 Å². The maximum atomic E-state index is 14.0. The van der Waals surface area contributed by atoms with Crippen molar-refractivity contribution in [2.75, 3.05) is 6.61 Å². The molecule has 0 aliphatic carbocycles. The number of aldehydes is 1. The lowest BCUT2D eigenvalue weighted by Crippen LogP contribution is -2.42. The van der Waals surface area contributed by atoms with E-state index in [1.54, 1.807) is 6.07 Å². The molecule has 1 aliphatic heterocycles. The Labute approximate surface area is 130 Å². The first-order valence-corrected chi connectivity index (χ1v) is 7.59. The molecule has 1 atom stereocenters. The van der Waals surface area contributed by atoms with Crippen molar-refractivity contribution in [1.82, 2.24) is 10.4 Å². The Kier molecular flexibility index (Phi) is 5.19. The van der Waals surface area contributed by atoms with Crippen LogP contribution in [0.4, 0.5) is 4.39 Å². The predicted molar refractivity (Wildman–Crippen MR) is 83.9 cm³/mol. The number of nitrogens with one attached hydrogen (secondary N) is 1. The molecule has 1 N–H and O–H groups in total. The van der Waals surface area contributed by atoms with Gasteiger partial charge in [0.1, 0.15) is 12.3 Å². The Morgan fingerprint density at radius 1 is 1.45 bits per heavy atom. The van der Waals surface area contributed by atoms with Gasteiger partial charge in [-0.25, -0.2) is 9.82 Å². The second kappa shape index (κ2) is 6.92. The van der Waals surface area contributed by atoms with Gasteiger partial charge in [0.25, 0.3) is 0 Å². The fourth-order valence-electron chi connectivity index (χ4n) is 2.74. The third-order valence-corrected chi connectivity index (χ3v) is 3.82. The minimum absolute atomic E-state index is 0.247. The zero-order valence-electron chi connectivity index (χ0n) is 13.5. The van der Waals surface area contributed by atoms with Gasteiger partial charge in [-0.2, -0.15) is 0 Å². The molecular formula is C17H23FN2O2. The predicted octanol–water partition coefficient (Wildman–Crippen LogP) is 2.84. The van der Waals surface area contributed by atoms with Crippen LogP contribution in [0.25, 0.3) is 0 Å². The summed E-state index contributed by atoms with van der Waals surface area (Å²) in [4.78, 5) is 11.3. The van der Waals surface area contributed by atoms with E-state index in [2.05, 4.69) is 19.3 Å². The molecule has 1 aromatic carbocycles. The summed E-state index contributed by atoms with van der Waals surface area (Å²) >= 11 is 0. The van der Waals surface area contributed by atoms with E-state index in [1.165, 1.54) is 6.07 Å². The van der Waals surface area contributed by atoms with Gasteiger partial charge in [-0.15, -0.1) is 0 Å². The van der Waals surface area contributed by atoms with E-state index < -0.39 is 0 Å². The number of allylic oxidation sites excluding steroid dienone is 1. The number of hydrogen-bond donors (Lipinski definition) is 1. The largest absolute Gasteiger partial charge is 0.491 e. The van der Waals surface area contributed by atoms with Crippen LogP contribution in [0.1, 0.15) is 33.3 Å². The molecule has 0 fully saturated rings. The van der Waals surface area contributed by atoms with E-state index in [0.29, 0.717) is 13.0 Å². The van der Waals surface area contributed by atoms with Gasteiger partial charge in [-0.3, -0.25) is 0 Å². The summed E-state index contributed by atoms with van der Waals surface area (Å²) in [6.07, 6.45) is 1.43. The topological polar surface area (TPSA) is 41.6 Å². The second-order valence-electron chi connectivity index (χ2n) is 5.69. The fourth-order valence-corrected chi connectivity index (χ4v) is 2.74. The number of carbonyl (C=O) groups is 1. The first kappa shape index (κ1) is 16.5. The van der Waals surface area contributed by atoms with Crippen LogP contribution in [0, 0.1) is 5.82 Å². The normalized spacial score (nSPS) is 18.3. The van der Waals surface area contributed by atoms with Crippen molar-refractivity contribution in [2.45, 2.75) is 46.2 Å². The van der Waals surface area contributed by atoms with Crippen molar-refractivity contribution in [2.24, 2.45) is 0 Å². The molecule has 0 radical (unpaired) electrons. The molecule has 2 rings (SSSR count). The number of benzene rings is 1. The van der Waals surface area contributed by atoms with Crippen molar-refractivity contribution in [3.8, 4) is 5.75 Å². The lowest BCUT2D eigenvalue weighted by Gasteiger charge is -2.25. The standard InChI is InChI=1S/C17H23FN2O2/c1-5-22-17-7-6-13(9-15(17)18)8-14-12(4)20(11(2)3)19-16(14)10-21/h6-7,9-11,16,19H,5,8H2,1-4H3. The second-order valence-corrected chi connectivity index (χ2v) is 5.69. The van der Waals surface area contributed by atoms with Crippen molar-refractivity contribution >= 4 is 6.29 Å². The van der Waals surface area contributed by atoms with Crippen LogP contribution in [0.5, 0.6) is 5.75 Å². The van der Waals surface area contributed by atoms with Crippen LogP contribution in [-0.2, 0) is 11.2 Å². The number of hydrazine groups is 1. The van der Waals surface area contributed by atoms with Crippen LogP contribution < -0.4 is 10.2 Å². The van der Waals surface area contributed by atoms with Crippen molar-refractivity contribution in [1.29, 1.82) is 0 Å². The number of hydrogen-bond acceptors (Lipinski definition) is 4. The Balaban J connectivity index is 2.24. The molecule has 1 heterocycles. The maximum Gasteiger partial charge on any atom is 0.165 e. The summed E-state index contributed by atoms with van der Waals surface area (Å²) in [5.74, 6) is -0.107. The monoisotopic (exact) mass is 306 g/mol. The van der Waals surface area contributed by atoms with E-state index in [9.17, 15) is 9.18 Å². The van der Waals surface area contributed by atoms with Gasteiger partial charge in [0, 0.05) is 11.7 Å². The highest BCUT2D eigenvalue weighted by Crippen LogP contribution is 2.26. The van der Waals surface area contributed by atoms with E-state index in [-0.39, 0.29) is 23.7 Å². The quantitative estimate of drug-likeness (QED) is 0.821. The molecule has 0 amide bonds. The summed E-state index contributed by atoms with van der Waals surface area (Å²) < 4.78 is 19.2. The average molecular weight is 306 g/mol. The molecule has 0 spiro atoms. The summed E-state index contributed by atoms with van der Waals surface area (Å²) in [5, 5.41) is 1.99. The molecule has 5 heteroatoms. The lowest BCUT2D eigenvalue weighted by atomic mass is 9.99. The molecular weight excluding hydrogens is 283 g/mol. The van der Waals surface area contributed by atoms with Crippen molar-refractivity contribution in [3.63, 3.8) is 0 Å². The first-order valence-electron chi connectivity index (χ1n) is 7.59. The number of carbonyl (C=O) groups excluding carboxylic acids is 1. The smallest absolute Gasteiger partial charge is 0.165 e. The Hall–Kier alpha value is -1.88. The van der Waals surface area contributed by atoms with Crippen molar-refractivity contribution < 1.29 is 13.9 Å². The van der Waals surface area contributed by atoms with Gasteiger partial charge in [0.05, 0.1) is 6.61 Å². The Morgan fingerprint density at radius 2 is 2.18 bits per heavy atom. The number of ether oxygens (including phenoxy) is 1. The Morgan fingerprint density at radius 3 is 2.73 bits per heavy atom. The Bertz CT molecular complexity index is 584. The van der Waals surface area contributed by atoms with E-state index in [4.69, 9.17) is 4.74 Å². The summed E-state index contributed by atoms with van der Waals surface area (Å²) in [5.41, 5.74) is 6.02. The van der Waals surface area contributed by atoms with E-state index >= 15 is 0 Å². The lowest BCUT2D eigenvalue weighted by molar-refractivity contribution is -0.109. The van der Waals surface area contributed by atoms with Gasteiger partial charge in [0.15, 0.2) is 11.6 Å². The van der Waals surface area contributed by atoms with Crippen LogP contribution in [-0.4, -0.2) is 30.0 Å². The zero-order chi connectivity index (χ0) is 16.3. The molecule has 1 aliphatic rings. The fraction of sp³-hybridized carbons (Fsp3) is 0.471. The third kappa shape index (κ3) is 3.30. The summed E-state index contributed by atoms with van der Waals surface area (Å²) in [6, 6.07) is 4.86. The highest BCUT2D eigenvalue weighted by atomic mass is 19.1. The van der Waals surface area contributed by atoms with Crippen LogP contribution in [0.15, 0.2) is 29.5 Å². The molecule has 120 valence electrons. The summed E-state index contributed by atoms with van der Waals surface area (Å²) in [6.45, 7) is 8.34. The van der Waals surface area contributed by atoms with Crippen molar-refractivity contribution in [3.05, 3.63) is 40.8 Å². The SMILES string of the molecule is CCOc1ccc(CC2=C(C)N(C(C)C)NC2C=O)cc1F. The van der Waals surface area contributed by atoms with Gasteiger partial charge < -0.3 is 14.5 Å². The number of nitrogens with zero attached hydrogens (tertiary/aromatic N) is 1. The van der Waals surface area contributed by atoms with E-state index in [1.807, 2.05) is 24.9 Å². The highest BCUT2D eigenvalue weighted by molar-refractivity contribution is 5.65. The number of rotatable bonds is 6. The average Bonchev–Trinajstić information content (AvgIpc) is 2.79. The number of halogens is 1. The zero-order valence-corrected chi connectivity index (χ0v) is 13.5. The van der Waals surface area contributed by atoms with Gasteiger partial charge >= 0.3 is 0 Å². The summed E-state index contributed by atoms with van der Waals surface area (Å²) in [7, 11) is 0. The third-order valence-electron chi connectivity index (χ3n) is 3.82. The highest BCUT2D eigenvalue weighted by Gasteiger charge is 2.29. The molecule has 22 heavy (non-hydrogen) atoms. The minimum Gasteiger partial charge on any atom is -0.491 e. The molecule has 1 unspecified atom stereocenters. The molecule has 0 saturated heterocycles. The molecule has 4 nitrogen and oxygen atoms in total. The van der Waals surface area contributed by atoms with Gasteiger partial charge in [-0.05, 0) is 57.4 Å². The van der Waals surface area contributed by atoms with E-state index in [0.717, 1.165) is 23.1 Å². The molecule has 0 bridgehead atoms. The molecule has 1 aromatic rings. The van der Waals surface area contributed by atoms with Crippen LogP contribution in [0.3, 0.4) is 0 Å². The first-order chi connectivity index (χ1) is 10.5. The molecule has 0 aromatic heterocycles. The maximum absolute atomic E-state index is 14.0. The van der Waals surface area contributed by atoms with Gasteiger partial charge in [0.2, 0.25) is 0 Å². The molecule has 0 saturated carbocycles. The van der Waals surface area contributed by atoms with Crippen LogP contribution in [0.2, 0.25) is 0 Å².